The van der Waals surface area contributed by atoms with Crippen LogP contribution in [0.4, 0.5) is 0 Å². The van der Waals surface area contributed by atoms with Crippen molar-refractivity contribution in [3.8, 4) is 0 Å². The van der Waals surface area contributed by atoms with Crippen LogP contribution in [-0.2, 0) is 6.42 Å². The summed E-state index contributed by atoms with van der Waals surface area (Å²) >= 11 is 0. The van der Waals surface area contributed by atoms with Gasteiger partial charge in [-0.2, -0.15) is 0 Å². The first-order chi connectivity index (χ1) is 7.85. The minimum atomic E-state index is -0.371. The number of nitrogens with two attached hydrogens (primary N) is 1. The average molecular weight is 230 g/mol. The molecule has 2 rings (SSSR count). The van der Waals surface area contributed by atoms with Crippen molar-refractivity contribution in [2.45, 2.75) is 32.7 Å². The lowest BCUT2D eigenvalue weighted by molar-refractivity contribution is 0.514. The maximum Gasteiger partial charge on any atom is 0.251 e. The van der Waals surface area contributed by atoms with Crippen LogP contribution in [0.3, 0.4) is 0 Å². The molecule has 1 aromatic heterocycles. The molecule has 0 spiro atoms. The molecule has 1 aromatic carbocycles. The maximum absolute atomic E-state index is 11.9. The highest BCUT2D eigenvalue weighted by Gasteiger charge is 2.14. The summed E-state index contributed by atoms with van der Waals surface area (Å²) in [5.41, 5.74) is 8.35. The second-order valence-corrected chi connectivity index (χ2v) is 5.38. The molecule has 0 radical (unpaired) electrons. The summed E-state index contributed by atoms with van der Waals surface area (Å²) in [4.78, 5) is 14.8. The van der Waals surface area contributed by atoms with Crippen LogP contribution >= 0.6 is 0 Å². The van der Waals surface area contributed by atoms with Crippen molar-refractivity contribution in [3.63, 3.8) is 0 Å². The minimum absolute atomic E-state index is 0.0418. The fourth-order valence-corrected chi connectivity index (χ4v) is 1.99. The average Bonchev–Trinajstić information content (AvgIpc) is 2.17. The van der Waals surface area contributed by atoms with Gasteiger partial charge in [-0.3, -0.25) is 4.79 Å². The Bertz CT molecular complexity index is 606. The van der Waals surface area contributed by atoms with E-state index < -0.39 is 0 Å². The monoisotopic (exact) mass is 230 g/mol. The molecule has 0 amide bonds. The molecular weight excluding hydrogens is 212 g/mol. The first-order valence-electron chi connectivity index (χ1n) is 5.77. The van der Waals surface area contributed by atoms with E-state index in [4.69, 9.17) is 5.73 Å². The Labute approximate surface area is 101 Å². The summed E-state index contributed by atoms with van der Waals surface area (Å²) in [5, 5.41) is 1.06. The predicted molar refractivity (Wildman–Crippen MR) is 71.3 cm³/mol. The summed E-state index contributed by atoms with van der Waals surface area (Å²) in [6.07, 6.45) is 0.576. The van der Waals surface area contributed by atoms with Crippen molar-refractivity contribution in [3.05, 3.63) is 45.7 Å². The zero-order valence-electron chi connectivity index (χ0n) is 10.5. The van der Waals surface area contributed by atoms with Crippen LogP contribution in [0.2, 0.25) is 0 Å². The van der Waals surface area contributed by atoms with Gasteiger partial charge in [-0.05, 0) is 50.8 Å². The number of benzene rings is 1. The number of aryl methyl sites for hydroxylation is 1. The standard InChI is InChI=1S/C14H18N2O/c1-9-4-5-12-10(6-9)7-11(13(17)16-12)8-14(2,3)15/h4-7H,8,15H2,1-3H3,(H,16,17). The van der Waals surface area contributed by atoms with E-state index in [1.807, 2.05) is 39.0 Å². The van der Waals surface area contributed by atoms with E-state index in [9.17, 15) is 4.79 Å². The highest BCUT2D eigenvalue weighted by atomic mass is 16.1. The molecule has 0 aliphatic carbocycles. The fraction of sp³-hybridized carbons (Fsp3) is 0.357. The SMILES string of the molecule is Cc1ccc2[nH]c(=O)c(CC(C)(C)N)cc2c1. The zero-order chi connectivity index (χ0) is 12.6. The van der Waals surface area contributed by atoms with Gasteiger partial charge in [0.1, 0.15) is 0 Å². The van der Waals surface area contributed by atoms with Crippen LogP contribution in [0.5, 0.6) is 0 Å². The molecule has 0 bridgehead atoms. The van der Waals surface area contributed by atoms with Crippen LogP contribution in [0.15, 0.2) is 29.1 Å². The summed E-state index contributed by atoms with van der Waals surface area (Å²) in [7, 11) is 0. The number of fused-ring (bicyclic) bond motifs is 1. The Morgan fingerprint density at radius 1 is 1.29 bits per heavy atom. The molecule has 1 heterocycles. The van der Waals surface area contributed by atoms with Crippen LogP contribution in [-0.4, -0.2) is 10.5 Å². The first kappa shape index (κ1) is 11.9. The van der Waals surface area contributed by atoms with Crippen molar-refractivity contribution in [1.82, 2.24) is 4.98 Å². The van der Waals surface area contributed by atoms with E-state index in [-0.39, 0.29) is 11.1 Å². The van der Waals surface area contributed by atoms with Crippen molar-refractivity contribution in [1.29, 1.82) is 0 Å². The lowest BCUT2D eigenvalue weighted by atomic mass is 9.96. The van der Waals surface area contributed by atoms with E-state index in [1.165, 1.54) is 5.56 Å². The van der Waals surface area contributed by atoms with Crippen LogP contribution in [0.25, 0.3) is 10.9 Å². The minimum Gasteiger partial charge on any atom is -0.325 e. The normalized spacial score (nSPS) is 12.0. The molecule has 0 aliphatic heterocycles. The topological polar surface area (TPSA) is 58.9 Å². The van der Waals surface area contributed by atoms with Gasteiger partial charge in [0.15, 0.2) is 0 Å². The van der Waals surface area contributed by atoms with Crippen molar-refractivity contribution >= 4 is 10.9 Å². The van der Waals surface area contributed by atoms with E-state index in [0.29, 0.717) is 6.42 Å². The van der Waals surface area contributed by atoms with Gasteiger partial charge in [0.25, 0.3) is 5.56 Å². The molecule has 0 unspecified atom stereocenters. The molecule has 90 valence electrons. The van der Waals surface area contributed by atoms with Gasteiger partial charge in [0.05, 0.1) is 0 Å². The lowest BCUT2D eigenvalue weighted by Gasteiger charge is -2.17. The molecule has 3 heteroatoms. The molecular formula is C14H18N2O. The zero-order valence-corrected chi connectivity index (χ0v) is 10.5. The van der Waals surface area contributed by atoms with Gasteiger partial charge >= 0.3 is 0 Å². The molecule has 17 heavy (non-hydrogen) atoms. The van der Waals surface area contributed by atoms with Gasteiger partial charge in [-0.25, -0.2) is 0 Å². The summed E-state index contributed by atoms with van der Waals surface area (Å²) in [5.74, 6) is 0. The largest absolute Gasteiger partial charge is 0.325 e. The predicted octanol–water partition coefficient (Wildman–Crippen LogP) is 2.12. The van der Waals surface area contributed by atoms with Crippen molar-refractivity contribution in [2.75, 3.05) is 0 Å². The lowest BCUT2D eigenvalue weighted by Crippen LogP contribution is -2.36. The van der Waals surface area contributed by atoms with E-state index in [1.54, 1.807) is 0 Å². The number of aromatic amines is 1. The van der Waals surface area contributed by atoms with Gasteiger partial charge in [-0.15, -0.1) is 0 Å². The number of hydrogen-bond acceptors (Lipinski definition) is 2. The molecule has 3 N–H and O–H groups in total. The second kappa shape index (κ2) is 4.00. The van der Waals surface area contributed by atoms with Gasteiger partial charge < -0.3 is 10.7 Å². The molecule has 0 saturated heterocycles. The number of rotatable bonds is 2. The van der Waals surface area contributed by atoms with E-state index in [2.05, 4.69) is 11.1 Å². The molecule has 0 saturated carbocycles. The Kier molecular flexibility index (Phi) is 2.79. The Hall–Kier alpha value is -1.61. The third-order valence-electron chi connectivity index (χ3n) is 2.72. The number of aromatic nitrogens is 1. The number of pyridine rings is 1. The molecule has 3 nitrogen and oxygen atoms in total. The fourth-order valence-electron chi connectivity index (χ4n) is 1.99. The smallest absolute Gasteiger partial charge is 0.251 e. The van der Waals surface area contributed by atoms with Crippen molar-refractivity contribution in [2.24, 2.45) is 5.73 Å². The molecule has 0 fully saturated rings. The highest BCUT2D eigenvalue weighted by Crippen LogP contribution is 2.15. The third kappa shape index (κ3) is 2.74. The van der Waals surface area contributed by atoms with Crippen LogP contribution in [0, 0.1) is 6.92 Å². The number of hydrogen-bond donors (Lipinski definition) is 2. The van der Waals surface area contributed by atoms with Gasteiger partial charge in [0, 0.05) is 16.6 Å². The highest BCUT2D eigenvalue weighted by molar-refractivity contribution is 5.79. The van der Waals surface area contributed by atoms with Crippen LogP contribution in [0.1, 0.15) is 25.0 Å². The quantitative estimate of drug-likeness (QED) is 0.830. The summed E-state index contributed by atoms with van der Waals surface area (Å²) in [6, 6.07) is 7.93. The Morgan fingerprint density at radius 3 is 2.65 bits per heavy atom. The second-order valence-electron chi connectivity index (χ2n) is 5.38. The molecule has 0 atom stereocenters. The Morgan fingerprint density at radius 2 is 2.00 bits per heavy atom. The van der Waals surface area contributed by atoms with Gasteiger partial charge in [-0.1, -0.05) is 11.6 Å². The van der Waals surface area contributed by atoms with Crippen molar-refractivity contribution < 1.29 is 0 Å². The Balaban J connectivity index is 2.58. The van der Waals surface area contributed by atoms with Gasteiger partial charge in [0.2, 0.25) is 0 Å². The maximum atomic E-state index is 11.9. The summed E-state index contributed by atoms with van der Waals surface area (Å²) in [6.45, 7) is 5.89. The van der Waals surface area contributed by atoms with E-state index >= 15 is 0 Å². The van der Waals surface area contributed by atoms with E-state index in [0.717, 1.165) is 16.5 Å². The number of H-pyrrole nitrogens is 1. The summed E-state index contributed by atoms with van der Waals surface area (Å²) < 4.78 is 0. The molecule has 2 aromatic rings. The number of nitrogens with one attached hydrogen (secondary N) is 1. The van der Waals surface area contributed by atoms with Crippen LogP contribution < -0.4 is 11.3 Å². The third-order valence-corrected chi connectivity index (χ3v) is 2.72. The molecule has 0 aliphatic rings. The first-order valence-corrected chi connectivity index (χ1v) is 5.77.